The van der Waals surface area contributed by atoms with Gasteiger partial charge in [0, 0.05) is 32.0 Å². The highest BCUT2D eigenvalue weighted by molar-refractivity contribution is 7.89. The van der Waals surface area contributed by atoms with Crippen LogP contribution in [0.25, 0.3) is 0 Å². The maximum absolute atomic E-state index is 12.8. The molecule has 1 fully saturated rings. The lowest BCUT2D eigenvalue weighted by Crippen LogP contribution is -2.34. The molecule has 1 aromatic heterocycles. The monoisotopic (exact) mass is 297 g/mol. The predicted octanol–water partition coefficient (Wildman–Crippen LogP) is 2.47. The van der Waals surface area contributed by atoms with Gasteiger partial charge in [-0.05, 0) is 25.8 Å². The van der Waals surface area contributed by atoms with Gasteiger partial charge in [0.2, 0.25) is 10.0 Å². The molecule has 1 saturated heterocycles. The summed E-state index contributed by atoms with van der Waals surface area (Å²) in [5.74, 6) is 0. The van der Waals surface area contributed by atoms with Crippen LogP contribution in [0.1, 0.15) is 39.0 Å². The van der Waals surface area contributed by atoms with E-state index in [1.165, 1.54) is 12.6 Å². The molecule has 0 radical (unpaired) electrons. The van der Waals surface area contributed by atoms with Crippen LogP contribution in [-0.2, 0) is 10.0 Å². The number of nitrogens with one attached hydrogen (secondary N) is 1. The second kappa shape index (κ2) is 7.04. The second-order valence-corrected chi connectivity index (χ2v) is 6.98. The van der Waals surface area contributed by atoms with Crippen molar-refractivity contribution in [3.8, 4) is 0 Å². The van der Waals surface area contributed by atoms with E-state index in [4.69, 9.17) is 0 Å². The smallest absolute Gasteiger partial charge is 0.246 e. The number of hydrogen-bond acceptors (Lipinski definition) is 4. The van der Waals surface area contributed by atoms with Gasteiger partial charge >= 0.3 is 0 Å². The summed E-state index contributed by atoms with van der Waals surface area (Å²) in [5.41, 5.74) is 0.643. The highest BCUT2D eigenvalue weighted by atomic mass is 32.2. The van der Waals surface area contributed by atoms with Crippen molar-refractivity contribution >= 4 is 15.7 Å². The molecule has 112 valence electrons. The molecule has 0 bridgehead atoms. The summed E-state index contributed by atoms with van der Waals surface area (Å²) in [6.45, 7) is 3.87. The quantitative estimate of drug-likeness (QED) is 0.927. The SMILES string of the molecule is CCNc1ccncc1S(=O)(=O)N1CCCCCCC1. The fourth-order valence-corrected chi connectivity index (χ4v) is 4.15. The van der Waals surface area contributed by atoms with Gasteiger partial charge in [-0.25, -0.2) is 8.42 Å². The molecule has 1 aliphatic heterocycles. The third kappa shape index (κ3) is 3.49. The Morgan fingerprint density at radius 1 is 1.20 bits per heavy atom. The molecule has 2 rings (SSSR count). The Morgan fingerprint density at radius 2 is 1.85 bits per heavy atom. The summed E-state index contributed by atoms with van der Waals surface area (Å²) in [5, 5.41) is 3.10. The molecule has 1 aliphatic rings. The number of hydrogen-bond donors (Lipinski definition) is 1. The highest BCUT2D eigenvalue weighted by Crippen LogP contribution is 2.25. The third-order valence-electron chi connectivity index (χ3n) is 3.58. The normalized spacial score (nSPS) is 18.2. The van der Waals surface area contributed by atoms with Gasteiger partial charge in [0.1, 0.15) is 4.90 Å². The molecule has 0 amide bonds. The first kappa shape index (κ1) is 15.3. The molecule has 0 spiro atoms. The zero-order chi connectivity index (χ0) is 14.4. The molecule has 0 atom stereocenters. The molecular formula is C14H23N3O2S. The average molecular weight is 297 g/mol. The van der Waals surface area contributed by atoms with Crippen molar-refractivity contribution in [1.29, 1.82) is 0 Å². The lowest BCUT2D eigenvalue weighted by Gasteiger charge is -2.25. The first-order chi connectivity index (χ1) is 9.66. The molecule has 1 aromatic rings. The Balaban J connectivity index is 2.28. The van der Waals surface area contributed by atoms with Gasteiger partial charge in [0.15, 0.2) is 0 Å². The molecule has 1 N–H and O–H groups in total. The molecule has 0 aliphatic carbocycles. The minimum absolute atomic E-state index is 0.294. The summed E-state index contributed by atoms with van der Waals surface area (Å²) in [4.78, 5) is 4.28. The van der Waals surface area contributed by atoms with Gasteiger partial charge in [0.25, 0.3) is 0 Å². The minimum Gasteiger partial charge on any atom is -0.384 e. The molecule has 0 aromatic carbocycles. The van der Waals surface area contributed by atoms with Crippen LogP contribution >= 0.6 is 0 Å². The predicted molar refractivity (Wildman–Crippen MR) is 80.2 cm³/mol. The first-order valence-corrected chi connectivity index (χ1v) is 8.78. The van der Waals surface area contributed by atoms with E-state index in [1.807, 2.05) is 6.92 Å². The summed E-state index contributed by atoms with van der Waals surface area (Å²) in [6.07, 6.45) is 8.38. The van der Waals surface area contributed by atoms with Crippen molar-refractivity contribution in [2.75, 3.05) is 25.0 Å². The van der Waals surface area contributed by atoms with Gasteiger partial charge in [-0.3, -0.25) is 4.98 Å². The van der Waals surface area contributed by atoms with Crippen LogP contribution < -0.4 is 5.32 Å². The van der Waals surface area contributed by atoms with Crippen molar-refractivity contribution in [1.82, 2.24) is 9.29 Å². The van der Waals surface area contributed by atoms with Gasteiger partial charge in [0.05, 0.1) is 5.69 Å². The standard InChI is InChI=1S/C14H23N3O2S/c1-2-16-13-8-9-15-12-14(13)20(18,19)17-10-6-4-3-5-7-11-17/h8-9,12H,2-7,10-11H2,1H3,(H,15,16). The van der Waals surface area contributed by atoms with Crippen LogP contribution in [0.5, 0.6) is 0 Å². The maximum atomic E-state index is 12.8. The molecular weight excluding hydrogens is 274 g/mol. The minimum atomic E-state index is -3.45. The molecule has 20 heavy (non-hydrogen) atoms. The number of nitrogens with zero attached hydrogens (tertiary/aromatic N) is 2. The summed E-state index contributed by atoms with van der Waals surface area (Å²) < 4.78 is 27.2. The van der Waals surface area contributed by atoms with Crippen molar-refractivity contribution < 1.29 is 8.42 Å². The number of rotatable bonds is 4. The Labute approximate surface area is 121 Å². The summed E-state index contributed by atoms with van der Waals surface area (Å²) in [7, 11) is -3.45. The molecule has 6 heteroatoms. The van der Waals surface area contributed by atoms with Crippen LogP contribution in [0.4, 0.5) is 5.69 Å². The highest BCUT2D eigenvalue weighted by Gasteiger charge is 2.27. The van der Waals surface area contributed by atoms with Crippen LogP contribution in [0.3, 0.4) is 0 Å². The largest absolute Gasteiger partial charge is 0.384 e. The lowest BCUT2D eigenvalue weighted by molar-refractivity contribution is 0.364. The van der Waals surface area contributed by atoms with Crippen molar-refractivity contribution in [2.24, 2.45) is 0 Å². The number of aromatic nitrogens is 1. The summed E-state index contributed by atoms with van der Waals surface area (Å²) >= 11 is 0. The Morgan fingerprint density at radius 3 is 2.50 bits per heavy atom. The lowest BCUT2D eigenvalue weighted by atomic mass is 10.1. The number of pyridine rings is 1. The fraction of sp³-hybridized carbons (Fsp3) is 0.643. The van der Waals surface area contributed by atoms with E-state index in [0.717, 1.165) is 25.7 Å². The number of anilines is 1. The Kier molecular flexibility index (Phi) is 5.37. The zero-order valence-corrected chi connectivity index (χ0v) is 12.8. The van der Waals surface area contributed by atoms with Gasteiger partial charge in [-0.1, -0.05) is 19.3 Å². The van der Waals surface area contributed by atoms with Gasteiger partial charge in [-0.15, -0.1) is 0 Å². The third-order valence-corrected chi connectivity index (χ3v) is 5.51. The van der Waals surface area contributed by atoms with E-state index in [-0.39, 0.29) is 0 Å². The van der Waals surface area contributed by atoms with Crippen molar-refractivity contribution in [3.63, 3.8) is 0 Å². The van der Waals surface area contributed by atoms with Crippen LogP contribution in [0, 0.1) is 0 Å². The topological polar surface area (TPSA) is 62.3 Å². The van der Waals surface area contributed by atoms with Crippen molar-refractivity contribution in [3.05, 3.63) is 18.5 Å². The Hall–Kier alpha value is -1.14. The number of sulfonamides is 1. The average Bonchev–Trinajstić information content (AvgIpc) is 2.38. The van der Waals surface area contributed by atoms with E-state index in [2.05, 4.69) is 10.3 Å². The van der Waals surface area contributed by atoms with E-state index in [9.17, 15) is 8.42 Å². The molecule has 2 heterocycles. The molecule has 0 unspecified atom stereocenters. The van der Waals surface area contributed by atoms with E-state index in [0.29, 0.717) is 30.2 Å². The van der Waals surface area contributed by atoms with Crippen molar-refractivity contribution in [2.45, 2.75) is 43.9 Å². The van der Waals surface area contributed by atoms with Gasteiger partial charge in [-0.2, -0.15) is 4.31 Å². The van der Waals surface area contributed by atoms with Crippen LogP contribution in [-0.4, -0.2) is 37.3 Å². The second-order valence-electron chi connectivity index (χ2n) is 5.07. The van der Waals surface area contributed by atoms with Crippen LogP contribution in [0.2, 0.25) is 0 Å². The molecule has 0 saturated carbocycles. The van der Waals surface area contributed by atoms with Crippen LogP contribution in [0.15, 0.2) is 23.4 Å². The first-order valence-electron chi connectivity index (χ1n) is 7.34. The van der Waals surface area contributed by atoms with Gasteiger partial charge < -0.3 is 5.32 Å². The van der Waals surface area contributed by atoms with E-state index >= 15 is 0 Å². The Bertz CT molecular complexity index is 523. The fourth-order valence-electron chi connectivity index (χ4n) is 2.52. The maximum Gasteiger partial charge on any atom is 0.246 e. The molecule has 5 nitrogen and oxygen atoms in total. The summed E-state index contributed by atoms with van der Waals surface area (Å²) in [6, 6.07) is 1.72. The van der Waals surface area contributed by atoms with E-state index in [1.54, 1.807) is 16.6 Å². The zero-order valence-electron chi connectivity index (χ0n) is 12.0. The van der Waals surface area contributed by atoms with E-state index < -0.39 is 10.0 Å².